The van der Waals surface area contributed by atoms with Crippen molar-refractivity contribution in [3.05, 3.63) is 64.7 Å². The number of carbonyl (C=O) groups excluding carboxylic acids is 2. The summed E-state index contributed by atoms with van der Waals surface area (Å²) in [5.74, 6) is 0.435. The highest BCUT2D eigenvalue weighted by atomic mass is 35.5. The van der Waals surface area contributed by atoms with E-state index in [1.807, 2.05) is 0 Å². The van der Waals surface area contributed by atoms with Crippen LogP contribution in [-0.4, -0.2) is 31.2 Å². The highest BCUT2D eigenvalue weighted by molar-refractivity contribution is 8.15. The minimum atomic E-state index is -4.20. The zero-order chi connectivity index (χ0) is 21.0. The molecule has 2 unspecified atom stereocenters. The number of carbonyl (C=O) groups is 2. The van der Waals surface area contributed by atoms with Gasteiger partial charge in [-0.25, -0.2) is 9.32 Å². The van der Waals surface area contributed by atoms with Gasteiger partial charge in [0.25, 0.3) is 0 Å². The molecule has 0 aliphatic carbocycles. The van der Waals surface area contributed by atoms with Gasteiger partial charge in [0.05, 0.1) is 11.7 Å². The van der Waals surface area contributed by atoms with Gasteiger partial charge >= 0.3 is 10.3 Å². The summed E-state index contributed by atoms with van der Waals surface area (Å²) in [6, 6.07) is 13.5. The normalized spacial score (nSPS) is 18.1. The summed E-state index contributed by atoms with van der Waals surface area (Å²) in [4.78, 5) is 23.1. The molecular weight excluding hydrogens is 438 g/mol. The van der Waals surface area contributed by atoms with Gasteiger partial charge in [-0.05, 0) is 41.8 Å². The summed E-state index contributed by atoms with van der Waals surface area (Å²) in [5, 5.41) is 4.99. The summed E-state index contributed by atoms with van der Waals surface area (Å²) in [5.41, 5.74) is 1.40. The Morgan fingerprint density at radius 2 is 1.90 bits per heavy atom. The summed E-state index contributed by atoms with van der Waals surface area (Å²) >= 11 is 7.04. The summed E-state index contributed by atoms with van der Waals surface area (Å²) in [6.45, 7) is -0.110. The molecule has 154 valence electrons. The first-order chi connectivity index (χ1) is 13.7. The number of hydrogen-bond donors (Lipinski definition) is 1. The maximum atomic E-state index is 11.8. The lowest BCUT2D eigenvalue weighted by Crippen LogP contribution is -2.23. The van der Waals surface area contributed by atoms with Crippen LogP contribution in [0.3, 0.4) is 0 Å². The number of halogens is 1. The Morgan fingerprint density at radius 1 is 1.17 bits per heavy atom. The largest absolute Gasteiger partial charge is 0.490 e. The first-order valence-electron chi connectivity index (χ1n) is 8.60. The van der Waals surface area contributed by atoms with Crippen molar-refractivity contribution in [3.8, 4) is 5.75 Å². The lowest BCUT2D eigenvalue weighted by molar-refractivity contribution is -0.121. The molecule has 2 N–H and O–H groups in total. The van der Waals surface area contributed by atoms with Gasteiger partial charge in [-0.1, -0.05) is 47.6 Å². The fourth-order valence-corrected chi connectivity index (χ4v) is 4.56. The molecule has 3 rings (SSSR count). The highest BCUT2D eigenvalue weighted by Gasteiger charge is 2.31. The van der Waals surface area contributed by atoms with Gasteiger partial charge in [0.1, 0.15) is 18.5 Å². The lowest BCUT2D eigenvalue weighted by Gasteiger charge is -2.18. The zero-order valence-corrected chi connectivity index (χ0v) is 17.5. The number of ketones is 1. The van der Waals surface area contributed by atoms with Crippen LogP contribution in [0.1, 0.15) is 23.7 Å². The van der Waals surface area contributed by atoms with E-state index >= 15 is 0 Å². The molecule has 1 aliphatic rings. The van der Waals surface area contributed by atoms with Crippen molar-refractivity contribution in [3.63, 3.8) is 0 Å². The van der Waals surface area contributed by atoms with E-state index in [0.717, 1.165) is 17.3 Å². The minimum Gasteiger partial charge on any atom is -0.490 e. The molecule has 7 nitrogen and oxygen atoms in total. The smallest absolute Gasteiger partial charge is 0.333 e. The standard InChI is InChI=1S/C19H18ClNO6S2/c20-14-3-1-2-13(9-14)17(27-29(21,24)25)11-26-15-6-4-12(5-7-15)8-18-16(22)10-19(23)28-18/h1-7,9,17-18H,8,10-11H2,(H2,21,24,25). The van der Waals surface area contributed by atoms with Gasteiger partial charge in [0, 0.05) is 5.02 Å². The molecular formula is C19H18ClNO6S2. The number of hydrogen-bond acceptors (Lipinski definition) is 7. The third kappa shape index (κ3) is 6.55. The number of rotatable bonds is 8. The first kappa shape index (κ1) is 21.8. The molecule has 29 heavy (non-hydrogen) atoms. The third-order valence-corrected chi connectivity index (χ3v) is 6.02. The number of nitrogens with two attached hydrogens (primary N) is 1. The van der Waals surface area contributed by atoms with Crippen molar-refractivity contribution in [1.82, 2.24) is 0 Å². The number of benzene rings is 2. The van der Waals surface area contributed by atoms with Gasteiger partial charge in [0.2, 0.25) is 0 Å². The second-order valence-corrected chi connectivity index (χ2v) is 9.29. The number of thioether (sulfide) groups is 1. The second kappa shape index (κ2) is 9.27. The molecule has 2 aromatic rings. The van der Waals surface area contributed by atoms with Gasteiger partial charge in [-0.3, -0.25) is 9.59 Å². The van der Waals surface area contributed by atoms with Crippen LogP contribution in [0, 0.1) is 0 Å². The van der Waals surface area contributed by atoms with Crippen molar-refractivity contribution >= 4 is 44.6 Å². The molecule has 1 heterocycles. The van der Waals surface area contributed by atoms with Crippen LogP contribution >= 0.6 is 23.4 Å². The summed E-state index contributed by atoms with van der Waals surface area (Å²) in [6.07, 6.45) is -0.511. The van der Waals surface area contributed by atoms with Gasteiger partial charge in [0.15, 0.2) is 10.9 Å². The van der Waals surface area contributed by atoms with E-state index in [9.17, 15) is 18.0 Å². The number of ether oxygens (including phenoxy) is 1. The van der Waals surface area contributed by atoms with Crippen molar-refractivity contribution in [2.45, 2.75) is 24.2 Å². The molecule has 0 bridgehead atoms. The molecule has 0 radical (unpaired) electrons. The molecule has 2 aromatic carbocycles. The zero-order valence-electron chi connectivity index (χ0n) is 15.1. The van der Waals surface area contributed by atoms with E-state index in [0.29, 0.717) is 22.8 Å². The monoisotopic (exact) mass is 455 g/mol. The molecule has 1 aliphatic heterocycles. The Labute approximate surface area is 177 Å². The first-order valence-corrected chi connectivity index (χ1v) is 11.3. The molecule has 0 spiro atoms. The predicted octanol–water partition coefficient (Wildman–Crippen LogP) is 2.82. The molecule has 1 saturated heterocycles. The topological polar surface area (TPSA) is 113 Å². The third-order valence-electron chi connectivity index (χ3n) is 4.17. The van der Waals surface area contributed by atoms with Crippen LogP contribution in [0.15, 0.2) is 48.5 Å². The van der Waals surface area contributed by atoms with E-state index in [1.165, 1.54) is 0 Å². The molecule has 0 saturated carbocycles. The van der Waals surface area contributed by atoms with Crippen molar-refractivity contribution in [1.29, 1.82) is 0 Å². The van der Waals surface area contributed by atoms with Gasteiger partial charge in [-0.2, -0.15) is 8.42 Å². The van der Waals surface area contributed by atoms with E-state index in [-0.39, 0.29) is 29.2 Å². The molecule has 0 aromatic heterocycles. The van der Waals surface area contributed by atoms with Crippen LogP contribution in [0.25, 0.3) is 0 Å². The summed E-state index contributed by atoms with van der Waals surface area (Å²) in [7, 11) is -4.20. The highest BCUT2D eigenvalue weighted by Crippen LogP contribution is 2.29. The van der Waals surface area contributed by atoms with Crippen molar-refractivity contribution in [2.75, 3.05) is 6.61 Å². The van der Waals surface area contributed by atoms with Crippen LogP contribution in [-0.2, 0) is 30.5 Å². The number of Topliss-reactive ketones (excluding diaryl/α,β-unsaturated/α-hetero) is 1. The van der Waals surface area contributed by atoms with Crippen LogP contribution in [0.4, 0.5) is 0 Å². The van der Waals surface area contributed by atoms with Gasteiger partial charge in [-0.15, -0.1) is 0 Å². The van der Waals surface area contributed by atoms with E-state index in [2.05, 4.69) is 0 Å². The Bertz CT molecular complexity index is 1010. The SMILES string of the molecule is NS(=O)(=O)OC(COc1ccc(CC2SC(=O)CC2=O)cc1)c1cccc(Cl)c1. The van der Waals surface area contributed by atoms with E-state index < -0.39 is 16.4 Å². The average molecular weight is 456 g/mol. The van der Waals surface area contributed by atoms with Crippen molar-refractivity contribution < 1.29 is 26.9 Å². The minimum absolute atomic E-state index is 0.00846. The fourth-order valence-electron chi connectivity index (χ4n) is 2.83. The van der Waals surface area contributed by atoms with E-state index in [1.54, 1.807) is 48.5 Å². The van der Waals surface area contributed by atoms with Crippen LogP contribution in [0.5, 0.6) is 5.75 Å². The molecule has 2 atom stereocenters. The predicted molar refractivity (Wildman–Crippen MR) is 110 cm³/mol. The van der Waals surface area contributed by atoms with Crippen LogP contribution < -0.4 is 9.88 Å². The Kier molecular flexibility index (Phi) is 6.97. The maximum Gasteiger partial charge on any atom is 0.333 e. The van der Waals surface area contributed by atoms with Crippen molar-refractivity contribution in [2.24, 2.45) is 5.14 Å². The molecule has 1 fully saturated rings. The van der Waals surface area contributed by atoms with E-state index in [4.69, 9.17) is 25.7 Å². The maximum absolute atomic E-state index is 11.8. The summed E-state index contributed by atoms with van der Waals surface area (Å²) < 4.78 is 33.4. The van der Waals surface area contributed by atoms with Gasteiger partial charge < -0.3 is 4.74 Å². The second-order valence-electron chi connectivity index (χ2n) is 6.41. The average Bonchev–Trinajstić information content (AvgIpc) is 2.96. The quantitative estimate of drug-likeness (QED) is 0.609. The molecule has 10 heteroatoms. The van der Waals surface area contributed by atoms with Crippen LogP contribution in [0.2, 0.25) is 5.02 Å². The Balaban J connectivity index is 1.64. The molecule has 0 amide bonds. The Morgan fingerprint density at radius 3 is 2.48 bits per heavy atom. The lowest BCUT2D eigenvalue weighted by atomic mass is 10.1. The fraction of sp³-hybridized carbons (Fsp3) is 0.263. The Hall–Kier alpha value is -1.91.